The molecule has 3 aromatic rings. The number of rotatable bonds is 5. The Morgan fingerprint density at radius 3 is 2.45 bits per heavy atom. The van der Waals surface area contributed by atoms with Gasteiger partial charge in [0.2, 0.25) is 0 Å². The van der Waals surface area contributed by atoms with Crippen LogP contribution >= 0.6 is 0 Å². The fraction of sp³-hybridized carbons (Fsp3) is 0.423. The Bertz CT molecular complexity index is 1070. The molecule has 0 amide bonds. The normalized spacial score (nSPS) is 22.5. The number of hydrogen-bond acceptors (Lipinski definition) is 3. The molecule has 0 bridgehead atoms. The standard InChI is InChI=1S/C26H30F2N2O/c1-4-24(29)26(19-12-20(27)14-21(28)13-19)8-5-22(6-9-26)31-25-16(2)11-18-15-30-10-7-23(18)17(25)3/h7,10-15,22,24H,4-6,8-9,29H2,1-3H3. The molecule has 164 valence electrons. The van der Waals surface area contributed by atoms with Crippen LogP contribution in [0, 0.1) is 25.5 Å². The molecule has 0 aliphatic heterocycles. The summed E-state index contributed by atoms with van der Waals surface area (Å²) in [6.45, 7) is 6.17. The van der Waals surface area contributed by atoms with Crippen molar-refractivity contribution in [3.8, 4) is 5.75 Å². The smallest absolute Gasteiger partial charge is 0.126 e. The van der Waals surface area contributed by atoms with E-state index in [1.165, 1.54) is 12.1 Å². The molecule has 0 spiro atoms. The number of nitrogens with zero attached hydrogens (tertiary/aromatic N) is 1. The van der Waals surface area contributed by atoms with Gasteiger partial charge in [-0.05, 0) is 92.3 Å². The van der Waals surface area contributed by atoms with E-state index in [1.807, 2.05) is 19.2 Å². The van der Waals surface area contributed by atoms with Crippen LogP contribution in [-0.2, 0) is 5.41 Å². The minimum Gasteiger partial charge on any atom is -0.490 e. The second-order valence-corrected chi connectivity index (χ2v) is 8.89. The van der Waals surface area contributed by atoms with Gasteiger partial charge in [0.25, 0.3) is 0 Å². The average Bonchev–Trinajstić information content (AvgIpc) is 2.76. The van der Waals surface area contributed by atoms with Crippen LogP contribution in [-0.4, -0.2) is 17.1 Å². The van der Waals surface area contributed by atoms with E-state index in [0.717, 1.165) is 65.8 Å². The molecule has 1 saturated carbocycles. The zero-order valence-electron chi connectivity index (χ0n) is 18.4. The number of fused-ring (bicyclic) bond motifs is 1. The first-order valence-electron chi connectivity index (χ1n) is 11.1. The molecule has 1 unspecified atom stereocenters. The third-order valence-corrected chi connectivity index (χ3v) is 7.02. The lowest BCUT2D eigenvalue weighted by molar-refractivity contribution is 0.102. The highest BCUT2D eigenvalue weighted by Crippen LogP contribution is 2.44. The van der Waals surface area contributed by atoms with Crippen LogP contribution in [0.25, 0.3) is 10.8 Å². The van der Waals surface area contributed by atoms with E-state index in [2.05, 4.69) is 24.9 Å². The molecule has 3 nitrogen and oxygen atoms in total. The Hall–Kier alpha value is -2.53. The summed E-state index contributed by atoms with van der Waals surface area (Å²) in [5.41, 5.74) is 8.98. The van der Waals surface area contributed by atoms with Crippen LogP contribution in [0.3, 0.4) is 0 Å². The van der Waals surface area contributed by atoms with Gasteiger partial charge in [0.15, 0.2) is 0 Å². The summed E-state index contributed by atoms with van der Waals surface area (Å²) >= 11 is 0. The zero-order chi connectivity index (χ0) is 22.2. The molecule has 1 atom stereocenters. The van der Waals surface area contributed by atoms with E-state index < -0.39 is 17.0 Å². The molecule has 2 N–H and O–H groups in total. The Balaban J connectivity index is 1.59. The first-order chi connectivity index (χ1) is 14.8. The van der Waals surface area contributed by atoms with E-state index in [4.69, 9.17) is 10.5 Å². The first-order valence-corrected chi connectivity index (χ1v) is 11.1. The summed E-state index contributed by atoms with van der Waals surface area (Å²) in [6, 6.07) is 7.79. The van der Waals surface area contributed by atoms with Crippen LogP contribution in [0.4, 0.5) is 8.78 Å². The number of halogens is 2. The number of nitrogens with two attached hydrogens (primary N) is 1. The predicted octanol–water partition coefficient (Wildman–Crippen LogP) is 6.13. The van der Waals surface area contributed by atoms with Gasteiger partial charge in [0, 0.05) is 35.3 Å². The van der Waals surface area contributed by atoms with Gasteiger partial charge in [-0.1, -0.05) is 6.92 Å². The number of aryl methyl sites for hydroxylation is 2. The fourth-order valence-electron chi connectivity index (χ4n) is 5.26. The summed E-state index contributed by atoms with van der Waals surface area (Å²) in [5.74, 6) is -0.173. The number of aromatic nitrogens is 1. The van der Waals surface area contributed by atoms with Crippen LogP contribution in [0.2, 0.25) is 0 Å². The van der Waals surface area contributed by atoms with Crippen molar-refractivity contribution in [2.75, 3.05) is 0 Å². The molecular formula is C26H30F2N2O. The van der Waals surface area contributed by atoms with E-state index in [0.29, 0.717) is 5.56 Å². The van der Waals surface area contributed by atoms with Crippen LogP contribution in [0.15, 0.2) is 42.7 Å². The van der Waals surface area contributed by atoms with Crippen molar-refractivity contribution in [1.29, 1.82) is 0 Å². The third-order valence-electron chi connectivity index (χ3n) is 7.02. The summed E-state index contributed by atoms with van der Waals surface area (Å²) in [7, 11) is 0. The molecule has 1 aliphatic carbocycles. The quantitative estimate of drug-likeness (QED) is 0.536. The van der Waals surface area contributed by atoms with Crippen molar-refractivity contribution in [2.24, 2.45) is 5.73 Å². The van der Waals surface area contributed by atoms with Gasteiger partial charge in [-0.25, -0.2) is 8.78 Å². The van der Waals surface area contributed by atoms with Crippen LogP contribution in [0.1, 0.15) is 55.7 Å². The van der Waals surface area contributed by atoms with Crippen molar-refractivity contribution in [3.63, 3.8) is 0 Å². The van der Waals surface area contributed by atoms with E-state index in [-0.39, 0.29) is 12.1 Å². The molecule has 0 radical (unpaired) electrons. The third kappa shape index (κ3) is 4.03. The zero-order valence-corrected chi connectivity index (χ0v) is 18.4. The van der Waals surface area contributed by atoms with Gasteiger partial charge in [-0.2, -0.15) is 0 Å². The maximum absolute atomic E-state index is 14.0. The Morgan fingerprint density at radius 1 is 1.13 bits per heavy atom. The molecule has 31 heavy (non-hydrogen) atoms. The molecule has 1 aliphatic rings. The molecule has 5 heteroatoms. The highest BCUT2D eigenvalue weighted by molar-refractivity contribution is 5.87. The fourth-order valence-corrected chi connectivity index (χ4v) is 5.26. The number of benzene rings is 2. The molecular weight excluding hydrogens is 394 g/mol. The lowest BCUT2D eigenvalue weighted by atomic mass is 9.64. The summed E-state index contributed by atoms with van der Waals surface area (Å²) in [6.07, 6.45) is 7.54. The van der Waals surface area contributed by atoms with Gasteiger partial charge < -0.3 is 10.5 Å². The lowest BCUT2D eigenvalue weighted by Crippen LogP contribution is -2.49. The van der Waals surface area contributed by atoms with Crippen molar-refractivity contribution >= 4 is 10.8 Å². The maximum Gasteiger partial charge on any atom is 0.126 e. The van der Waals surface area contributed by atoms with E-state index >= 15 is 0 Å². The van der Waals surface area contributed by atoms with Gasteiger partial charge in [-0.15, -0.1) is 0 Å². The van der Waals surface area contributed by atoms with Gasteiger partial charge in [-0.3, -0.25) is 4.98 Å². The van der Waals surface area contributed by atoms with Crippen LogP contribution in [0.5, 0.6) is 5.75 Å². The molecule has 1 heterocycles. The molecule has 2 aromatic carbocycles. The highest BCUT2D eigenvalue weighted by Gasteiger charge is 2.42. The topological polar surface area (TPSA) is 48.1 Å². The minimum absolute atomic E-state index is 0.0484. The monoisotopic (exact) mass is 424 g/mol. The molecule has 1 fully saturated rings. The first kappa shape index (κ1) is 21.7. The van der Waals surface area contributed by atoms with E-state index in [1.54, 1.807) is 6.20 Å². The van der Waals surface area contributed by atoms with Gasteiger partial charge >= 0.3 is 0 Å². The number of hydrogen-bond donors (Lipinski definition) is 1. The second-order valence-electron chi connectivity index (χ2n) is 8.89. The maximum atomic E-state index is 14.0. The summed E-state index contributed by atoms with van der Waals surface area (Å²) < 4.78 is 34.5. The average molecular weight is 425 g/mol. The number of ether oxygens (including phenoxy) is 1. The molecule has 1 aromatic heterocycles. The highest BCUT2D eigenvalue weighted by atomic mass is 19.1. The second kappa shape index (κ2) is 8.54. The summed E-state index contributed by atoms with van der Waals surface area (Å²) in [4.78, 5) is 4.22. The SMILES string of the molecule is CCC(N)C1(c2cc(F)cc(F)c2)CCC(Oc2c(C)cc3cnccc3c2C)CC1. The summed E-state index contributed by atoms with van der Waals surface area (Å²) in [5, 5.41) is 2.25. The lowest BCUT2D eigenvalue weighted by Gasteiger charge is -2.44. The molecule has 4 rings (SSSR count). The Labute approximate surface area is 182 Å². The van der Waals surface area contributed by atoms with Crippen molar-refractivity contribution < 1.29 is 13.5 Å². The predicted molar refractivity (Wildman–Crippen MR) is 120 cm³/mol. The Kier molecular flexibility index (Phi) is 5.98. The van der Waals surface area contributed by atoms with Crippen LogP contribution < -0.4 is 10.5 Å². The van der Waals surface area contributed by atoms with Gasteiger partial charge in [0.1, 0.15) is 17.4 Å². The van der Waals surface area contributed by atoms with Gasteiger partial charge in [0.05, 0.1) is 6.10 Å². The molecule has 0 saturated heterocycles. The van der Waals surface area contributed by atoms with Crippen molar-refractivity contribution in [1.82, 2.24) is 4.98 Å². The van der Waals surface area contributed by atoms with Crippen molar-refractivity contribution in [3.05, 3.63) is 71.1 Å². The minimum atomic E-state index is -0.548. The van der Waals surface area contributed by atoms with E-state index in [9.17, 15) is 8.78 Å². The van der Waals surface area contributed by atoms with Crippen molar-refractivity contribution in [2.45, 2.75) is 70.4 Å². The largest absolute Gasteiger partial charge is 0.490 e. The number of pyridine rings is 1. The Morgan fingerprint density at radius 2 is 1.81 bits per heavy atom.